The second-order valence-corrected chi connectivity index (χ2v) is 8.69. The number of Topliss-reactive ketones (excluding diaryl/α,β-unsaturated/α-hetero) is 1. The minimum absolute atomic E-state index is 0.0346. The summed E-state index contributed by atoms with van der Waals surface area (Å²) in [5.41, 5.74) is 7.27. The predicted octanol–water partition coefficient (Wildman–Crippen LogP) is 4.54. The summed E-state index contributed by atoms with van der Waals surface area (Å²) in [5.74, 6) is 1.45. The van der Waals surface area contributed by atoms with Crippen LogP contribution in [-0.4, -0.2) is 33.0 Å². The number of benzene rings is 1. The molecule has 0 amide bonds. The summed E-state index contributed by atoms with van der Waals surface area (Å²) in [5, 5.41) is 14.2. The van der Waals surface area contributed by atoms with Crippen molar-refractivity contribution in [2.45, 2.75) is 39.2 Å². The van der Waals surface area contributed by atoms with Gasteiger partial charge in [0.05, 0.1) is 5.56 Å². The molecule has 1 aliphatic rings. The number of carbonyl (C=O) groups is 1. The molecule has 1 aliphatic carbocycles. The average Bonchev–Trinajstić information content (AvgIpc) is 3.21. The molecule has 3 aromatic rings. The van der Waals surface area contributed by atoms with Gasteiger partial charge in [0.25, 0.3) is 0 Å². The first-order valence-corrected chi connectivity index (χ1v) is 10.4. The Morgan fingerprint density at radius 3 is 2.83 bits per heavy atom. The van der Waals surface area contributed by atoms with Gasteiger partial charge in [0.1, 0.15) is 22.3 Å². The highest BCUT2D eigenvalue weighted by atomic mass is 35.5. The molecule has 1 saturated carbocycles. The van der Waals surface area contributed by atoms with E-state index in [0.29, 0.717) is 28.3 Å². The monoisotopic (exact) mass is 428 g/mol. The zero-order chi connectivity index (χ0) is 21.6. The number of ketones is 1. The van der Waals surface area contributed by atoms with Crippen molar-refractivity contribution in [3.8, 4) is 11.3 Å². The lowest BCUT2D eigenvalue weighted by atomic mass is 9.86. The lowest BCUT2D eigenvalue weighted by molar-refractivity contribution is 0.101. The molecule has 4 rings (SSSR count). The number of nitrogen functional groups attached to an aromatic ring is 1. The van der Waals surface area contributed by atoms with Crippen LogP contribution in [0.1, 0.15) is 44.0 Å². The van der Waals surface area contributed by atoms with Gasteiger partial charge in [-0.15, -0.1) is 0 Å². The third-order valence-electron chi connectivity index (χ3n) is 6.44. The van der Waals surface area contributed by atoms with Crippen LogP contribution >= 0.6 is 11.6 Å². The molecule has 3 atom stereocenters. The molecule has 8 heteroatoms. The molecule has 0 spiro atoms. The van der Waals surface area contributed by atoms with Crippen LogP contribution in [0.2, 0.25) is 5.15 Å². The zero-order valence-electron chi connectivity index (χ0n) is 17.2. The Bertz CT molecular complexity index is 1130. The number of rotatable bonds is 5. The van der Waals surface area contributed by atoms with E-state index in [1.165, 1.54) is 6.92 Å². The fourth-order valence-corrected chi connectivity index (χ4v) is 4.58. The Morgan fingerprint density at radius 1 is 1.40 bits per heavy atom. The van der Waals surface area contributed by atoms with Crippen LogP contribution in [0.5, 0.6) is 0 Å². The Labute approximate surface area is 179 Å². The van der Waals surface area contributed by atoms with Gasteiger partial charge in [0.15, 0.2) is 5.78 Å². The number of hydrogen-bond donors (Lipinski definition) is 3. The molecule has 158 valence electrons. The first-order valence-electron chi connectivity index (χ1n) is 9.99. The smallest absolute Gasteiger partial charge is 0.223 e. The number of aromatic nitrogens is 2. The molecule has 0 aliphatic heterocycles. The zero-order valence-corrected chi connectivity index (χ0v) is 18.0. The molecule has 0 saturated heterocycles. The number of aliphatic hydroxyl groups is 1. The van der Waals surface area contributed by atoms with Gasteiger partial charge in [-0.1, -0.05) is 30.7 Å². The van der Waals surface area contributed by atoms with Gasteiger partial charge in [-0.25, -0.2) is 4.98 Å². The van der Waals surface area contributed by atoms with Crippen molar-refractivity contribution < 1.29 is 14.3 Å². The highest BCUT2D eigenvalue weighted by Gasteiger charge is 2.43. The Morgan fingerprint density at radius 2 is 2.17 bits per heavy atom. The van der Waals surface area contributed by atoms with Crippen molar-refractivity contribution in [3.63, 3.8) is 0 Å². The number of halogens is 1. The third-order valence-corrected chi connectivity index (χ3v) is 6.71. The van der Waals surface area contributed by atoms with E-state index >= 15 is 0 Å². The summed E-state index contributed by atoms with van der Waals surface area (Å²) in [6, 6.07) is 7.17. The topological polar surface area (TPSA) is 114 Å². The molecule has 2 aromatic heterocycles. The summed E-state index contributed by atoms with van der Waals surface area (Å²) in [6.45, 7) is 5.90. The maximum atomic E-state index is 11.7. The standard InChI is InChI=1S/C22H25ClN4O3/c1-11-15(10-28)6-7-22(11,3)27-20-18(19(23)25-21(24)26-20)17-9-14-5-4-13(12(2)29)8-16(14)30-17/h4-5,8-9,11,15,28H,6-7,10H2,1-3H3,(H3,24,25,26,27). The number of furan rings is 1. The number of fused-ring (bicyclic) bond motifs is 1. The number of aliphatic hydroxyl groups excluding tert-OH is 1. The van der Waals surface area contributed by atoms with Gasteiger partial charge >= 0.3 is 0 Å². The number of anilines is 2. The van der Waals surface area contributed by atoms with Gasteiger partial charge in [-0.2, -0.15) is 4.98 Å². The van der Waals surface area contributed by atoms with Gasteiger partial charge < -0.3 is 20.6 Å². The van der Waals surface area contributed by atoms with Gasteiger partial charge in [-0.3, -0.25) is 4.79 Å². The van der Waals surface area contributed by atoms with E-state index in [-0.39, 0.29) is 40.9 Å². The summed E-state index contributed by atoms with van der Waals surface area (Å²) in [4.78, 5) is 20.2. The van der Waals surface area contributed by atoms with Crippen LogP contribution in [0.25, 0.3) is 22.3 Å². The van der Waals surface area contributed by atoms with Crippen LogP contribution in [-0.2, 0) is 0 Å². The fraction of sp³-hybridized carbons (Fsp3) is 0.409. The Hall–Kier alpha value is -2.64. The van der Waals surface area contributed by atoms with Crippen LogP contribution in [0.15, 0.2) is 28.7 Å². The molecule has 2 heterocycles. The van der Waals surface area contributed by atoms with E-state index in [0.717, 1.165) is 18.2 Å². The normalized spacial score (nSPS) is 23.8. The molecule has 3 unspecified atom stereocenters. The highest BCUT2D eigenvalue weighted by Crippen LogP contribution is 2.44. The molecular weight excluding hydrogens is 404 g/mol. The number of nitrogens with two attached hydrogens (primary N) is 1. The summed E-state index contributed by atoms with van der Waals surface area (Å²) in [6.07, 6.45) is 1.80. The van der Waals surface area contributed by atoms with Crippen LogP contribution in [0.4, 0.5) is 11.8 Å². The van der Waals surface area contributed by atoms with Crippen molar-refractivity contribution in [3.05, 3.63) is 35.0 Å². The van der Waals surface area contributed by atoms with Crippen molar-refractivity contribution in [1.82, 2.24) is 9.97 Å². The Kier molecular flexibility index (Phi) is 5.20. The highest BCUT2D eigenvalue weighted by molar-refractivity contribution is 6.32. The molecule has 7 nitrogen and oxygen atoms in total. The van der Waals surface area contributed by atoms with Gasteiger partial charge in [0, 0.05) is 23.1 Å². The molecule has 4 N–H and O–H groups in total. The summed E-state index contributed by atoms with van der Waals surface area (Å²) >= 11 is 6.48. The van der Waals surface area contributed by atoms with Gasteiger partial charge in [0.2, 0.25) is 5.95 Å². The van der Waals surface area contributed by atoms with Crippen LogP contribution in [0.3, 0.4) is 0 Å². The maximum absolute atomic E-state index is 11.7. The van der Waals surface area contributed by atoms with E-state index in [4.69, 9.17) is 21.8 Å². The van der Waals surface area contributed by atoms with Crippen molar-refractivity contribution >= 4 is 40.1 Å². The number of hydrogen-bond acceptors (Lipinski definition) is 7. The van der Waals surface area contributed by atoms with Crippen molar-refractivity contribution in [1.29, 1.82) is 0 Å². The lowest BCUT2D eigenvalue weighted by Gasteiger charge is -2.33. The fourth-order valence-electron chi connectivity index (χ4n) is 4.31. The molecule has 30 heavy (non-hydrogen) atoms. The van der Waals surface area contributed by atoms with Crippen LogP contribution < -0.4 is 11.1 Å². The van der Waals surface area contributed by atoms with E-state index in [1.807, 2.05) is 12.1 Å². The first-order chi connectivity index (χ1) is 14.2. The molecule has 0 bridgehead atoms. The minimum atomic E-state index is -0.292. The molecular formula is C22H25ClN4O3. The van der Waals surface area contributed by atoms with E-state index in [9.17, 15) is 9.90 Å². The first kappa shape index (κ1) is 20.6. The number of nitrogens with one attached hydrogen (secondary N) is 1. The second kappa shape index (κ2) is 7.56. The largest absolute Gasteiger partial charge is 0.456 e. The van der Waals surface area contributed by atoms with Gasteiger partial charge in [-0.05, 0) is 50.7 Å². The lowest BCUT2D eigenvalue weighted by Crippen LogP contribution is -2.40. The second-order valence-electron chi connectivity index (χ2n) is 8.33. The number of carbonyl (C=O) groups excluding carboxylic acids is 1. The van der Waals surface area contributed by atoms with E-state index in [2.05, 4.69) is 29.1 Å². The maximum Gasteiger partial charge on any atom is 0.223 e. The van der Waals surface area contributed by atoms with Crippen LogP contribution in [0, 0.1) is 11.8 Å². The average molecular weight is 429 g/mol. The van der Waals surface area contributed by atoms with E-state index < -0.39 is 0 Å². The summed E-state index contributed by atoms with van der Waals surface area (Å²) < 4.78 is 6.04. The van der Waals surface area contributed by atoms with E-state index in [1.54, 1.807) is 12.1 Å². The van der Waals surface area contributed by atoms with Crippen molar-refractivity contribution in [2.75, 3.05) is 17.7 Å². The minimum Gasteiger partial charge on any atom is -0.456 e. The molecule has 0 radical (unpaired) electrons. The third kappa shape index (κ3) is 3.52. The SMILES string of the molecule is CC(=O)c1ccc2cc(-c3c(Cl)nc(N)nc3NC3(C)CCC(CO)C3C)oc2c1. The molecule has 1 aromatic carbocycles. The quantitative estimate of drug-likeness (QED) is 0.403. The Balaban J connectivity index is 1.79. The number of nitrogens with zero attached hydrogens (tertiary/aromatic N) is 2. The predicted molar refractivity (Wildman–Crippen MR) is 118 cm³/mol. The summed E-state index contributed by atoms with van der Waals surface area (Å²) in [7, 11) is 0. The van der Waals surface area contributed by atoms with Crippen molar-refractivity contribution in [2.24, 2.45) is 11.8 Å². The molecule has 1 fully saturated rings.